The molecule has 0 radical (unpaired) electrons. The minimum absolute atomic E-state index is 0.677. The van der Waals surface area contributed by atoms with Crippen LogP contribution in [0.25, 0.3) is 45.0 Å². The van der Waals surface area contributed by atoms with Gasteiger partial charge >= 0.3 is 0 Å². The van der Waals surface area contributed by atoms with Crippen molar-refractivity contribution in [3.63, 3.8) is 0 Å². The standard InChI is InChI=1S/C28H19ClN2/c29-23-17-15-22(16-18-23)28-30-26(21-11-5-2-6-12-21)19-27(31-28)25-14-8-7-13-24(25)20-9-3-1-4-10-20/h1-19H. The van der Waals surface area contributed by atoms with Gasteiger partial charge < -0.3 is 0 Å². The van der Waals surface area contributed by atoms with Crippen LogP contribution in [0.15, 0.2) is 115 Å². The Morgan fingerprint density at radius 2 is 1.00 bits per heavy atom. The number of hydrogen-bond acceptors (Lipinski definition) is 2. The molecule has 0 aliphatic carbocycles. The third-order valence-corrected chi connectivity index (χ3v) is 5.44. The fraction of sp³-hybridized carbons (Fsp3) is 0. The van der Waals surface area contributed by atoms with Gasteiger partial charge in [0.1, 0.15) is 0 Å². The Morgan fingerprint density at radius 1 is 0.452 bits per heavy atom. The largest absolute Gasteiger partial charge is 0.228 e. The third kappa shape index (κ3) is 4.11. The van der Waals surface area contributed by atoms with Crippen LogP contribution in [0.4, 0.5) is 0 Å². The van der Waals surface area contributed by atoms with Gasteiger partial charge in [0.05, 0.1) is 11.4 Å². The summed E-state index contributed by atoms with van der Waals surface area (Å²) in [7, 11) is 0. The van der Waals surface area contributed by atoms with Crippen LogP contribution in [0.2, 0.25) is 5.02 Å². The first-order valence-corrected chi connectivity index (χ1v) is 10.5. The number of hydrogen-bond donors (Lipinski definition) is 0. The zero-order valence-corrected chi connectivity index (χ0v) is 17.5. The summed E-state index contributed by atoms with van der Waals surface area (Å²) in [5.41, 5.74) is 7.13. The molecule has 0 amide bonds. The van der Waals surface area contributed by atoms with Gasteiger partial charge in [-0.3, -0.25) is 0 Å². The minimum Gasteiger partial charge on any atom is -0.228 e. The molecule has 1 aromatic heterocycles. The molecule has 0 atom stereocenters. The normalized spacial score (nSPS) is 10.7. The molecular formula is C28H19ClN2. The average Bonchev–Trinajstić information content (AvgIpc) is 2.85. The van der Waals surface area contributed by atoms with E-state index in [0.717, 1.165) is 39.2 Å². The van der Waals surface area contributed by atoms with E-state index in [1.807, 2.05) is 54.6 Å². The summed E-state index contributed by atoms with van der Waals surface area (Å²) in [5.74, 6) is 0.677. The van der Waals surface area contributed by atoms with Crippen molar-refractivity contribution < 1.29 is 0 Å². The molecule has 0 N–H and O–H groups in total. The minimum atomic E-state index is 0.677. The van der Waals surface area contributed by atoms with Crippen LogP contribution in [0.5, 0.6) is 0 Å². The zero-order valence-electron chi connectivity index (χ0n) is 16.7. The number of halogens is 1. The highest BCUT2D eigenvalue weighted by Crippen LogP contribution is 2.34. The Morgan fingerprint density at radius 3 is 1.68 bits per heavy atom. The second-order valence-corrected chi connectivity index (χ2v) is 7.68. The molecule has 0 bridgehead atoms. The molecule has 0 fully saturated rings. The van der Waals surface area contributed by atoms with E-state index in [0.29, 0.717) is 10.8 Å². The van der Waals surface area contributed by atoms with Crippen molar-refractivity contribution in [3.05, 3.63) is 120 Å². The van der Waals surface area contributed by atoms with Gasteiger partial charge in [0.2, 0.25) is 0 Å². The summed E-state index contributed by atoms with van der Waals surface area (Å²) in [5, 5.41) is 0.692. The number of nitrogens with zero attached hydrogens (tertiary/aromatic N) is 2. The summed E-state index contributed by atoms with van der Waals surface area (Å²) in [6.45, 7) is 0. The maximum Gasteiger partial charge on any atom is 0.160 e. The highest BCUT2D eigenvalue weighted by atomic mass is 35.5. The smallest absolute Gasteiger partial charge is 0.160 e. The maximum absolute atomic E-state index is 6.10. The van der Waals surface area contributed by atoms with Crippen molar-refractivity contribution in [2.24, 2.45) is 0 Å². The van der Waals surface area contributed by atoms with E-state index in [1.54, 1.807) is 0 Å². The summed E-state index contributed by atoms with van der Waals surface area (Å²) in [4.78, 5) is 9.84. The van der Waals surface area contributed by atoms with Crippen molar-refractivity contribution in [1.29, 1.82) is 0 Å². The second-order valence-electron chi connectivity index (χ2n) is 7.25. The molecular weight excluding hydrogens is 400 g/mol. The van der Waals surface area contributed by atoms with Gasteiger partial charge in [-0.1, -0.05) is 96.5 Å². The Hall–Kier alpha value is -3.75. The average molecular weight is 419 g/mol. The molecule has 148 valence electrons. The third-order valence-electron chi connectivity index (χ3n) is 5.19. The van der Waals surface area contributed by atoms with Gasteiger partial charge in [-0.05, 0) is 41.5 Å². The van der Waals surface area contributed by atoms with Gasteiger partial charge in [0, 0.05) is 21.7 Å². The van der Waals surface area contributed by atoms with E-state index in [4.69, 9.17) is 21.6 Å². The molecule has 0 aliphatic rings. The predicted molar refractivity (Wildman–Crippen MR) is 129 cm³/mol. The summed E-state index contributed by atoms with van der Waals surface area (Å²) >= 11 is 6.10. The second kappa shape index (κ2) is 8.55. The summed E-state index contributed by atoms with van der Waals surface area (Å²) in [6, 6.07) is 38.7. The van der Waals surface area contributed by atoms with Crippen molar-refractivity contribution in [1.82, 2.24) is 9.97 Å². The lowest BCUT2D eigenvalue weighted by Crippen LogP contribution is -1.97. The fourth-order valence-corrected chi connectivity index (χ4v) is 3.77. The van der Waals surface area contributed by atoms with E-state index >= 15 is 0 Å². The highest BCUT2D eigenvalue weighted by Gasteiger charge is 2.13. The molecule has 0 aliphatic heterocycles. The van der Waals surface area contributed by atoms with Crippen LogP contribution in [-0.4, -0.2) is 9.97 Å². The lowest BCUT2D eigenvalue weighted by atomic mass is 9.96. The molecule has 1 heterocycles. The Kier molecular flexibility index (Phi) is 5.30. The van der Waals surface area contributed by atoms with Crippen LogP contribution >= 0.6 is 11.6 Å². The lowest BCUT2D eigenvalue weighted by Gasteiger charge is -2.13. The molecule has 4 aromatic carbocycles. The zero-order chi connectivity index (χ0) is 21.0. The van der Waals surface area contributed by atoms with E-state index < -0.39 is 0 Å². The Balaban J connectivity index is 1.73. The number of aromatic nitrogens is 2. The van der Waals surface area contributed by atoms with Crippen LogP contribution in [0.3, 0.4) is 0 Å². The van der Waals surface area contributed by atoms with Gasteiger partial charge in [-0.15, -0.1) is 0 Å². The monoisotopic (exact) mass is 418 g/mol. The first kappa shape index (κ1) is 19.2. The first-order valence-electron chi connectivity index (χ1n) is 10.1. The summed E-state index contributed by atoms with van der Waals surface area (Å²) < 4.78 is 0. The molecule has 2 nitrogen and oxygen atoms in total. The topological polar surface area (TPSA) is 25.8 Å². The van der Waals surface area contributed by atoms with E-state index in [9.17, 15) is 0 Å². The van der Waals surface area contributed by atoms with Crippen LogP contribution in [-0.2, 0) is 0 Å². The number of rotatable bonds is 4. The van der Waals surface area contributed by atoms with E-state index in [-0.39, 0.29) is 0 Å². The summed E-state index contributed by atoms with van der Waals surface area (Å²) in [6.07, 6.45) is 0. The van der Waals surface area contributed by atoms with E-state index in [1.165, 1.54) is 0 Å². The molecule has 0 saturated heterocycles. The molecule has 5 aromatic rings. The molecule has 0 unspecified atom stereocenters. The van der Waals surface area contributed by atoms with Crippen LogP contribution < -0.4 is 0 Å². The lowest BCUT2D eigenvalue weighted by molar-refractivity contribution is 1.18. The van der Waals surface area contributed by atoms with E-state index in [2.05, 4.69) is 60.7 Å². The first-order chi connectivity index (χ1) is 15.3. The van der Waals surface area contributed by atoms with Gasteiger partial charge in [-0.25, -0.2) is 9.97 Å². The molecule has 0 saturated carbocycles. The molecule has 31 heavy (non-hydrogen) atoms. The van der Waals surface area contributed by atoms with Crippen molar-refractivity contribution in [3.8, 4) is 45.0 Å². The van der Waals surface area contributed by atoms with Gasteiger partial charge in [0.15, 0.2) is 5.82 Å². The predicted octanol–water partition coefficient (Wildman–Crippen LogP) is 7.80. The van der Waals surface area contributed by atoms with Crippen LogP contribution in [0.1, 0.15) is 0 Å². The SMILES string of the molecule is Clc1ccc(-c2nc(-c3ccccc3)cc(-c3ccccc3-c3ccccc3)n2)cc1. The molecule has 5 rings (SSSR count). The Labute approximate surface area is 186 Å². The highest BCUT2D eigenvalue weighted by molar-refractivity contribution is 6.30. The Bertz CT molecular complexity index is 1310. The van der Waals surface area contributed by atoms with Crippen LogP contribution in [0, 0.1) is 0 Å². The van der Waals surface area contributed by atoms with Crippen molar-refractivity contribution in [2.45, 2.75) is 0 Å². The maximum atomic E-state index is 6.10. The van der Waals surface area contributed by atoms with Gasteiger partial charge in [-0.2, -0.15) is 0 Å². The van der Waals surface area contributed by atoms with Crippen molar-refractivity contribution >= 4 is 11.6 Å². The fourth-order valence-electron chi connectivity index (χ4n) is 3.65. The molecule has 0 spiro atoms. The molecule has 3 heteroatoms. The number of benzene rings is 4. The van der Waals surface area contributed by atoms with Gasteiger partial charge in [0.25, 0.3) is 0 Å². The van der Waals surface area contributed by atoms with Crippen molar-refractivity contribution in [2.75, 3.05) is 0 Å². The quantitative estimate of drug-likeness (QED) is 0.297.